The maximum Gasteiger partial charge on any atom is 0.389 e. The fourth-order valence-corrected chi connectivity index (χ4v) is 2.44. The van der Waals surface area contributed by atoms with Crippen molar-refractivity contribution < 1.29 is 17.9 Å². The van der Waals surface area contributed by atoms with Crippen LogP contribution in [0.2, 0.25) is 0 Å². The summed E-state index contributed by atoms with van der Waals surface area (Å²) in [7, 11) is 0. The highest BCUT2D eigenvalue weighted by Crippen LogP contribution is 2.24. The van der Waals surface area contributed by atoms with Crippen molar-refractivity contribution in [2.45, 2.75) is 70.2 Å². The summed E-state index contributed by atoms with van der Waals surface area (Å²) in [6, 6.07) is -0.0157. The molecule has 0 bridgehead atoms. The van der Waals surface area contributed by atoms with E-state index in [9.17, 15) is 13.2 Å². The van der Waals surface area contributed by atoms with E-state index in [1.165, 1.54) is 0 Å². The maximum absolute atomic E-state index is 12.2. The van der Waals surface area contributed by atoms with Crippen LogP contribution in [0.5, 0.6) is 0 Å². The third-order valence-electron chi connectivity index (χ3n) is 3.37. The topological polar surface area (TPSA) is 21.3 Å². The summed E-state index contributed by atoms with van der Waals surface area (Å²) < 4.78 is 42.0. The van der Waals surface area contributed by atoms with Crippen molar-refractivity contribution in [2.75, 3.05) is 13.2 Å². The van der Waals surface area contributed by atoms with E-state index in [-0.39, 0.29) is 12.5 Å². The van der Waals surface area contributed by atoms with Gasteiger partial charge in [0.05, 0.1) is 6.10 Å². The molecule has 0 aromatic rings. The lowest BCUT2D eigenvalue weighted by molar-refractivity contribution is -0.136. The Hall–Kier alpha value is -0.290. The van der Waals surface area contributed by atoms with Crippen molar-refractivity contribution in [2.24, 2.45) is 0 Å². The predicted octanol–water partition coefficient (Wildman–Crippen LogP) is 3.66. The molecule has 5 heteroatoms. The molecule has 0 aromatic carbocycles. The second-order valence-corrected chi connectivity index (χ2v) is 4.97. The number of nitrogens with one attached hydrogen (secondary N) is 1. The fourth-order valence-electron chi connectivity index (χ4n) is 2.44. The third kappa shape index (κ3) is 7.21. The first-order chi connectivity index (χ1) is 8.51. The van der Waals surface area contributed by atoms with E-state index < -0.39 is 12.6 Å². The number of ether oxygens (including phenoxy) is 1. The second-order valence-electron chi connectivity index (χ2n) is 4.97. The van der Waals surface area contributed by atoms with E-state index in [2.05, 4.69) is 5.32 Å². The van der Waals surface area contributed by atoms with Gasteiger partial charge in [-0.3, -0.25) is 0 Å². The first-order valence-electron chi connectivity index (χ1n) is 6.93. The molecule has 1 N–H and O–H groups in total. The average Bonchev–Trinajstić information content (AvgIpc) is 2.78. The highest BCUT2D eigenvalue weighted by molar-refractivity contribution is 4.71. The van der Waals surface area contributed by atoms with Crippen molar-refractivity contribution in [1.29, 1.82) is 0 Å². The number of hydrogen-bond acceptors (Lipinski definition) is 2. The Labute approximate surface area is 107 Å². The molecule has 1 aliphatic heterocycles. The Morgan fingerprint density at radius 1 is 1.33 bits per heavy atom. The van der Waals surface area contributed by atoms with Crippen molar-refractivity contribution in [3.8, 4) is 0 Å². The molecule has 0 amide bonds. The number of alkyl halides is 3. The van der Waals surface area contributed by atoms with Crippen LogP contribution in [-0.2, 0) is 4.74 Å². The van der Waals surface area contributed by atoms with Crippen LogP contribution in [0.4, 0.5) is 13.2 Å². The van der Waals surface area contributed by atoms with Crippen LogP contribution in [0.3, 0.4) is 0 Å². The molecule has 0 saturated carbocycles. The van der Waals surface area contributed by atoms with Gasteiger partial charge in [-0.25, -0.2) is 0 Å². The van der Waals surface area contributed by atoms with Gasteiger partial charge in [-0.2, -0.15) is 13.2 Å². The molecule has 2 unspecified atom stereocenters. The average molecular weight is 267 g/mol. The minimum Gasteiger partial charge on any atom is -0.378 e. The molecule has 1 heterocycles. The minimum atomic E-state index is -4.04. The number of hydrogen-bond donors (Lipinski definition) is 1. The normalized spacial score (nSPS) is 22.3. The van der Waals surface area contributed by atoms with Crippen LogP contribution >= 0.6 is 0 Å². The van der Waals surface area contributed by atoms with Crippen LogP contribution < -0.4 is 5.32 Å². The summed E-state index contributed by atoms with van der Waals surface area (Å²) in [4.78, 5) is 0. The van der Waals surface area contributed by atoms with Gasteiger partial charge in [-0.15, -0.1) is 0 Å². The van der Waals surface area contributed by atoms with Gasteiger partial charge in [0.15, 0.2) is 0 Å². The first-order valence-corrected chi connectivity index (χ1v) is 6.93. The molecule has 2 atom stereocenters. The molecule has 108 valence electrons. The second kappa shape index (κ2) is 8.00. The van der Waals surface area contributed by atoms with Gasteiger partial charge in [0, 0.05) is 19.1 Å². The van der Waals surface area contributed by atoms with Gasteiger partial charge in [0.1, 0.15) is 0 Å². The van der Waals surface area contributed by atoms with Crippen LogP contribution in [0.25, 0.3) is 0 Å². The molecule has 0 aliphatic carbocycles. The SMILES string of the molecule is CCNC(CCCC1CCCO1)CCC(F)(F)F. The Morgan fingerprint density at radius 2 is 2.11 bits per heavy atom. The van der Waals surface area contributed by atoms with Crippen molar-refractivity contribution in [3.63, 3.8) is 0 Å². The Bertz CT molecular complexity index is 215. The summed E-state index contributed by atoms with van der Waals surface area (Å²) in [5, 5.41) is 3.14. The predicted molar refractivity (Wildman–Crippen MR) is 65.6 cm³/mol. The molecule has 1 saturated heterocycles. The highest BCUT2D eigenvalue weighted by Gasteiger charge is 2.28. The van der Waals surface area contributed by atoms with Crippen molar-refractivity contribution >= 4 is 0 Å². The molecule has 0 spiro atoms. The van der Waals surface area contributed by atoms with Gasteiger partial charge < -0.3 is 10.1 Å². The van der Waals surface area contributed by atoms with Gasteiger partial charge in [-0.1, -0.05) is 6.92 Å². The zero-order valence-electron chi connectivity index (χ0n) is 11.1. The van der Waals surface area contributed by atoms with Crippen LogP contribution in [0.1, 0.15) is 51.9 Å². The van der Waals surface area contributed by atoms with E-state index in [1.54, 1.807) is 0 Å². The Kier molecular flexibility index (Phi) is 7.00. The minimum absolute atomic E-state index is 0.0157. The van der Waals surface area contributed by atoms with Gasteiger partial charge in [-0.05, 0) is 45.1 Å². The molecule has 0 radical (unpaired) electrons. The van der Waals surface area contributed by atoms with E-state index in [0.717, 1.165) is 45.3 Å². The zero-order valence-corrected chi connectivity index (χ0v) is 11.1. The van der Waals surface area contributed by atoms with Crippen LogP contribution in [-0.4, -0.2) is 31.5 Å². The molecule has 2 nitrogen and oxygen atoms in total. The molecule has 1 aliphatic rings. The smallest absolute Gasteiger partial charge is 0.378 e. The highest BCUT2D eigenvalue weighted by atomic mass is 19.4. The van der Waals surface area contributed by atoms with E-state index in [1.807, 2.05) is 6.92 Å². The van der Waals surface area contributed by atoms with Gasteiger partial charge in [0.2, 0.25) is 0 Å². The molecule has 18 heavy (non-hydrogen) atoms. The first kappa shape index (κ1) is 15.8. The zero-order chi connectivity index (χ0) is 13.4. The quantitative estimate of drug-likeness (QED) is 0.724. The van der Waals surface area contributed by atoms with Gasteiger partial charge in [0.25, 0.3) is 0 Å². The monoisotopic (exact) mass is 267 g/mol. The Morgan fingerprint density at radius 3 is 2.67 bits per heavy atom. The summed E-state index contributed by atoms with van der Waals surface area (Å²) in [5.41, 5.74) is 0. The largest absolute Gasteiger partial charge is 0.389 e. The molecule has 1 rings (SSSR count). The molecular weight excluding hydrogens is 243 g/mol. The van der Waals surface area contributed by atoms with Gasteiger partial charge >= 0.3 is 6.18 Å². The lowest BCUT2D eigenvalue weighted by Gasteiger charge is -2.19. The molecule has 1 fully saturated rings. The van der Waals surface area contributed by atoms with E-state index in [0.29, 0.717) is 6.10 Å². The van der Waals surface area contributed by atoms with Crippen molar-refractivity contribution in [1.82, 2.24) is 5.32 Å². The molecular formula is C13H24F3NO. The Balaban J connectivity index is 2.15. The van der Waals surface area contributed by atoms with Crippen molar-refractivity contribution in [3.05, 3.63) is 0 Å². The summed E-state index contributed by atoms with van der Waals surface area (Å²) in [6.45, 7) is 3.50. The van der Waals surface area contributed by atoms with E-state index >= 15 is 0 Å². The van der Waals surface area contributed by atoms with Crippen LogP contribution in [0, 0.1) is 0 Å². The third-order valence-corrected chi connectivity index (χ3v) is 3.37. The van der Waals surface area contributed by atoms with Crippen LogP contribution in [0.15, 0.2) is 0 Å². The maximum atomic E-state index is 12.2. The number of halogens is 3. The lowest BCUT2D eigenvalue weighted by Crippen LogP contribution is -2.30. The van der Waals surface area contributed by atoms with E-state index in [4.69, 9.17) is 4.74 Å². The fraction of sp³-hybridized carbons (Fsp3) is 1.00. The molecule has 0 aromatic heterocycles. The standard InChI is InChI=1S/C13H24F3NO/c1-2-17-11(8-9-13(14,15)16)5-3-6-12-7-4-10-18-12/h11-12,17H,2-10H2,1H3. The summed E-state index contributed by atoms with van der Waals surface area (Å²) in [5.74, 6) is 0. The number of rotatable bonds is 8. The summed E-state index contributed by atoms with van der Waals surface area (Å²) in [6.07, 6.45) is 0.757. The summed E-state index contributed by atoms with van der Waals surface area (Å²) >= 11 is 0. The lowest BCUT2D eigenvalue weighted by atomic mass is 10.0.